The maximum Gasteiger partial charge on any atom is 0.323 e. The Hall–Kier alpha value is -1.89. The molecule has 0 amide bonds. The molecule has 0 aliphatic heterocycles. The van der Waals surface area contributed by atoms with Gasteiger partial charge in [-0.2, -0.15) is 15.0 Å². The average Bonchev–Trinajstić information content (AvgIpc) is 2.72. The van der Waals surface area contributed by atoms with E-state index in [1.807, 2.05) is 6.92 Å². The summed E-state index contributed by atoms with van der Waals surface area (Å²) in [5.41, 5.74) is 6.84. The summed E-state index contributed by atoms with van der Waals surface area (Å²) in [5, 5.41) is 5.17. The highest BCUT2D eigenvalue weighted by Gasteiger charge is 2.06. The lowest BCUT2D eigenvalue weighted by Crippen LogP contribution is -2.09. The van der Waals surface area contributed by atoms with Crippen molar-refractivity contribution in [3.63, 3.8) is 0 Å². The molecule has 0 bridgehead atoms. The van der Waals surface area contributed by atoms with Crippen molar-refractivity contribution in [1.29, 1.82) is 0 Å². The second-order valence-corrected chi connectivity index (χ2v) is 4.61. The first-order valence-electron chi connectivity index (χ1n) is 5.60. The zero-order valence-corrected chi connectivity index (χ0v) is 11.1. The number of ether oxygens (including phenoxy) is 1. The van der Waals surface area contributed by atoms with Crippen molar-refractivity contribution in [2.24, 2.45) is 0 Å². The minimum Gasteiger partial charge on any atom is -0.464 e. The Bertz CT molecular complexity index is 528. The van der Waals surface area contributed by atoms with E-state index in [-0.39, 0.29) is 12.0 Å². The second kappa shape index (κ2) is 5.63. The van der Waals surface area contributed by atoms with Gasteiger partial charge in [0, 0.05) is 4.88 Å². The van der Waals surface area contributed by atoms with Crippen molar-refractivity contribution in [2.45, 2.75) is 20.4 Å². The molecule has 0 saturated carbocycles. The third-order valence-corrected chi connectivity index (χ3v) is 3.30. The molecule has 18 heavy (non-hydrogen) atoms. The van der Waals surface area contributed by atoms with Crippen molar-refractivity contribution in [1.82, 2.24) is 15.0 Å². The van der Waals surface area contributed by atoms with Crippen LogP contribution in [0.3, 0.4) is 0 Å². The van der Waals surface area contributed by atoms with Gasteiger partial charge in [0.25, 0.3) is 0 Å². The van der Waals surface area contributed by atoms with Crippen LogP contribution in [-0.2, 0) is 6.54 Å². The van der Waals surface area contributed by atoms with Crippen molar-refractivity contribution in [3.05, 3.63) is 21.9 Å². The van der Waals surface area contributed by atoms with Gasteiger partial charge in [0.2, 0.25) is 11.9 Å². The Morgan fingerprint density at radius 2 is 2.22 bits per heavy atom. The van der Waals surface area contributed by atoms with E-state index < -0.39 is 0 Å². The summed E-state index contributed by atoms with van der Waals surface area (Å²) in [7, 11) is 0. The van der Waals surface area contributed by atoms with Gasteiger partial charge >= 0.3 is 6.01 Å². The lowest BCUT2D eigenvalue weighted by molar-refractivity contribution is 0.312. The number of anilines is 2. The molecule has 0 fully saturated rings. The fraction of sp³-hybridized carbons (Fsp3) is 0.364. The van der Waals surface area contributed by atoms with Crippen LogP contribution in [0.15, 0.2) is 11.4 Å². The molecule has 7 heteroatoms. The number of hydrogen-bond acceptors (Lipinski definition) is 7. The van der Waals surface area contributed by atoms with Gasteiger partial charge in [-0.25, -0.2) is 0 Å². The van der Waals surface area contributed by atoms with Gasteiger partial charge in [-0.1, -0.05) is 0 Å². The number of aromatic nitrogens is 3. The highest BCUT2D eigenvalue weighted by Crippen LogP contribution is 2.17. The summed E-state index contributed by atoms with van der Waals surface area (Å²) in [6.07, 6.45) is 0. The van der Waals surface area contributed by atoms with E-state index in [0.717, 1.165) is 0 Å². The van der Waals surface area contributed by atoms with Crippen molar-refractivity contribution >= 4 is 23.2 Å². The first kappa shape index (κ1) is 12.6. The van der Waals surface area contributed by atoms with Gasteiger partial charge in [-0.15, -0.1) is 11.3 Å². The smallest absolute Gasteiger partial charge is 0.323 e. The van der Waals surface area contributed by atoms with Crippen LogP contribution in [0.2, 0.25) is 0 Å². The topological polar surface area (TPSA) is 86.0 Å². The number of nitrogens with one attached hydrogen (secondary N) is 1. The number of hydrogen-bond donors (Lipinski definition) is 2. The molecule has 2 aromatic heterocycles. The van der Waals surface area contributed by atoms with E-state index in [1.54, 1.807) is 11.3 Å². The molecule has 0 unspecified atom stereocenters. The van der Waals surface area contributed by atoms with Crippen LogP contribution in [0, 0.1) is 6.92 Å². The lowest BCUT2D eigenvalue weighted by atomic mass is 10.3. The Morgan fingerprint density at radius 3 is 2.89 bits per heavy atom. The van der Waals surface area contributed by atoms with Crippen LogP contribution in [0.25, 0.3) is 0 Å². The van der Waals surface area contributed by atoms with Gasteiger partial charge < -0.3 is 15.8 Å². The molecule has 0 aromatic carbocycles. The van der Waals surface area contributed by atoms with Crippen LogP contribution >= 0.6 is 11.3 Å². The Labute approximate surface area is 109 Å². The summed E-state index contributed by atoms with van der Waals surface area (Å²) in [6, 6.07) is 2.32. The molecule has 0 saturated heterocycles. The number of nitrogens with zero attached hydrogens (tertiary/aromatic N) is 3. The average molecular weight is 265 g/mol. The van der Waals surface area contributed by atoms with Gasteiger partial charge in [-0.3, -0.25) is 0 Å². The first-order valence-corrected chi connectivity index (χ1v) is 6.48. The Balaban J connectivity index is 2.07. The first-order chi connectivity index (χ1) is 8.69. The maximum atomic E-state index is 5.59. The SMILES string of the molecule is CCOc1nc(N)nc(NCc2sccc2C)n1. The molecule has 0 aliphatic rings. The van der Waals surface area contributed by atoms with Gasteiger partial charge in [-0.05, 0) is 30.9 Å². The fourth-order valence-corrected chi connectivity index (χ4v) is 2.24. The molecular weight excluding hydrogens is 250 g/mol. The quantitative estimate of drug-likeness (QED) is 0.857. The zero-order chi connectivity index (χ0) is 13.0. The molecule has 0 atom stereocenters. The predicted octanol–water partition coefficient (Wildman–Crippen LogP) is 1.83. The minimum absolute atomic E-state index is 0.152. The highest BCUT2D eigenvalue weighted by atomic mass is 32.1. The van der Waals surface area contributed by atoms with Crippen molar-refractivity contribution in [2.75, 3.05) is 17.7 Å². The number of nitrogen functional groups attached to an aromatic ring is 1. The van der Waals surface area contributed by atoms with Crippen molar-refractivity contribution in [3.8, 4) is 6.01 Å². The van der Waals surface area contributed by atoms with Gasteiger partial charge in [0.05, 0.1) is 13.2 Å². The number of aryl methyl sites for hydroxylation is 1. The number of rotatable bonds is 5. The molecule has 2 aromatic rings. The predicted molar refractivity (Wildman–Crippen MR) is 71.8 cm³/mol. The summed E-state index contributed by atoms with van der Waals surface area (Å²) in [6.45, 7) is 5.09. The third-order valence-electron chi connectivity index (χ3n) is 2.28. The molecule has 3 N–H and O–H groups in total. The summed E-state index contributed by atoms with van der Waals surface area (Å²) < 4.78 is 5.21. The minimum atomic E-state index is 0.152. The van der Waals surface area contributed by atoms with E-state index in [0.29, 0.717) is 19.1 Å². The number of nitrogens with two attached hydrogens (primary N) is 1. The summed E-state index contributed by atoms with van der Waals surface area (Å²) in [5.74, 6) is 0.581. The molecule has 2 rings (SSSR count). The standard InChI is InChI=1S/C11H15N5OS/c1-3-17-11-15-9(12)14-10(16-11)13-6-8-7(2)4-5-18-8/h4-5H,3,6H2,1-2H3,(H3,12,13,14,15,16). The summed E-state index contributed by atoms with van der Waals surface area (Å²) >= 11 is 1.69. The van der Waals surface area contributed by atoms with Gasteiger partial charge in [0.1, 0.15) is 0 Å². The van der Waals surface area contributed by atoms with E-state index >= 15 is 0 Å². The highest BCUT2D eigenvalue weighted by molar-refractivity contribution is 7.10. The Morgan fingerprint density at radius 1 is 1.39 bits per heavy atom. The van der Waals surface area contributed by atoms with E-state index in [4.69, 9.17) is 10.5 Å². The molecule has 0 aliphatic carbocycles. The van der Waals surface area contributed by atoms with Crippen LogP contribution in [0.5, 0.6) is 6.01 Å². The third kappa shape index (κ3) is 3.07. The number of thiophene rings is 1. The van der Waals surface area contributed by atoms with Crippen molar-refractivity contribution < 1.29 is 4.74 Å². The molecule has 0 radical (unpaired) electrons. The zero-order valence-electron chi connectivity index (χ0n) is 10.3. The van der Waals surface area contributed by atoms with Gasteiger partial charge in [0.15, 0.2) is 0 Å². The van der Waals surface area contributed by atoms with Crippen LogP contribution in [0.4, 0.5) is 11.9 Å². The molecule has 6 nitrogen and oxygen atoms in total. The Kier molecular flexibility index (Phi) is 3.93. The second-order valence-electron chi connectivity index (χ2n) is 3.61. The molecule has 0 spiro atoms. The summed E-state index contributed by atoms with van der Waals surface area (Å²) in [4.78, 5) is 13.3. The van der Waals surface area contributed by atoms with Crippen LogP contribution in [0.1, 0.15) is 17.4 Å². The van der Waals surface area contributed by atoms with Crippen LogP contribution < -0.4 is 15.8 Å². The normalized spacial score (nSPS) is 10.3. The maximum absolute atomic E-state index is 5.59. The van der Waals surface area contributed by atoms with Crippen LogP contribution in [-0.4, -0.2) is 21.6 Å². The molecule has 96 valence electrons. The van der Waals surface area contributed by atoms with E-state index in [1.165, 1.54) is 10.4 Å². The lowest BCUT2D eigenvalue weighted by Gasteiger charge is -2.06. The largest absolute Gasteiger partial charge is 0.464 e. The van der Waals surface area contributed by atoms with E-state index in [2.05, 4.69) is 38.6 Å². The molecular formula is C11H15N5OS. The fourth-order valence-electron chi connectivity index (χ4n) is 1.39. The molecule has 2 heterocycles. The van der Waals surface area contributed by atoms with E-state index in [9.17, 15) is 0 Å². The monoisotopic (exact) mass is 265 g/mol.